The summed E-state index contributed by atoms with van der Waals surface area (Å²) in [5, 5.41) is 8.44. The Balaban J connectivity index is 1.52. The third-order valence-electron chi connectivity index (χ3n) is 5.14. The van der Waals surface area contributed by atoms with Gasteiger partial charge in [-0.3, -0.25) is 4.90 Å². The third kappa shape index (κ3) is 4.86. The van der Waals surface area contributed by atoms with Crippen LogP contribution in [0.2, 0.25) is 0 Å². The molecule has 162 valence electrons. The number of nitrogens with zero attached hydrogens (tertiary/aromatic N) is 4. The molecule has 0 atom stereocenters. The van der Waals surface area contributed by atoms with Crippen molar-refractivity contribution < 1.29 is 13.7 Å². The third-order valence-corrected chi connectivity index (χ3v) is 5.14. The maximum atomic E-state index is 5.53. The van der Waals surface area contributed by atoms with Gasteiger partial charge in [-0.2, -0.15) is 4.98 Å². The van der Waals surface area contributed by atoms with Gasteiger partial charge in [-0.15, -0.1) is 0 Å². The molecule has 8 heteroatoms. The van der Waals surface area contributed by atoms with Gasteiger partial charge in [0.05, 0.1) is 19.9 Å². The Hall–Kier alpha value is -3.39. The van der Waals surface area contributed by atoms with Crippen LogP contribution in [-0.2, 0) is 6.54 Å². The lowest BCUT2D eigenvalue weighted by atomic mass is 10.1. The molecule has 0 unspecified atom stereocenters. The fourth-order valence-electron chi connectivity index (χ4n) is 3.55. The topological polar surface area (TPSA) is 89.5 Å². The minimum absolute atomic E-state index is 0.442. The highest BCUT2D eigenvalue weighted by atomic mass is 16.5. The van der Waals surface area contributed by atoms with Crippen LogP contribution in [0.3, 0.4) is 0 Å². The first-order chi connectivity index (χ1) is 15.3. The van der Waals surface area contributed by atoms with Crippen LogP contribution in [0, 0.1) is 0 Å². The van der Waals surface area contributed by atoms with Gasteiger partial charge in [-0.25, -0.2) is 4.98 Å². The second-order valence-corrected chi connectivity index (χ2v) is 7.27. The highest BCUT2D eigenvalue weighted by Crippen LogP contribution is 2.36. The van der Waals surface area contributed by atoms with Crippen molar-refractivity contribution in [1.29, 1.82) is 0 Å². The second kappa shape index (κ2) is 10.1. The zero-order valence-electron chi connectivity index (χ0n) is 17.9. The van der Waals surface area contributed by atoms with E-state index in [0.29, 0.717) is 23.8 Å². The highest BCUT2D eigenvalue weighted by molar-refractivity contribution is 5.98. The van der Waals surface area contributed by atoms with Gasteiger partial charge in [0.2, 0.25) is 0 Å². The number of aromatic nitrogens is 3. The van der Waals surface area contributed by atoms with E-state index < -0.39 is 0 Å². The Morgan fingerprint density at radius 3 is 2.81 bits per heavy atom. The molecule has 0 fully saturated rings. The van der Waals surface area contributed by atoms with Gasteiger partial charge >= 0.3 is 0 Å². The molecule has 0 amide bonds. The summed E-state index contributed by atoms with van der Waals surface area (Å²) >= 11 is 0. The van der Waals surface area contributed by atoms with Gasteiger partial charge in [0, 0.05) is 18.7 Å². The van der Waals surface area contributed by atoms with Crippen LogP contribution >= 0.6 is 0 Å². The van der Waals surface area contributed by atoms with E-state index in [1.807, 2.05) is 36.4 Å². The van der Waals surface area contributed by atoms with Crippen LogP contribution < -0.4 is 10.1 Å². The molecule has 4 rings (SSSR count). The Morgan fingerprint density at radius 1 is 1.10 bits per heavy atom. The molecule has 31 heavy (non-hydrogen) atoms. The van der Waals surface area contributed by atoms with Crippen LogP contribution in [0.15, 0.2) is 57.9 Å². The van der Waals surface area contributed by atoms with Crippen molar-refractivity contribution in [2.24, 2.45) is 0 Å². The van der Waals surface area contributed by atoms with Gasteiger partial charge in [0.1, 0.15) is 34.7 Å². The lowest BCUT2D eigenvalue weighted by Crippen LogP contribution is -2.29. The zero-order valence-corrected chi connectivity index (χ0v) is 17.9. The van der Waals surface area contributed by atoms with Gasteiger partial charge in [0.25, 0.3) is 5.71 Å². The summed E-state index contributed by atoms with van der Waals surface area (Å²) in [5.74, 6) is 2.38. The van der Waals surface area contributed by atoms with Crippen LogP contribution in [0.4, 0.5) is 5.82 Å². The van der Waals surface area contributed by atoms with E-state index in [2.05, 4.69) is 32.3 Å². The quantitative estimate of drug-likeness (QED) is 0.376. The molecule has 1 aromatic carbocycles. The molecular weight excluding hydrogens is 394 g/mol. The van der Waals surface area contributed by atoms with Crippen molar-refractivity contribution in [3.8, 4) is 17.0 Å². The first-order valence-corrected chi connectivity index (χ1v) is 10.5. The summed E-state index contributed by atoms with van der Waals surface area (Å²) < 4.78 is 16.5. The number of fused-ring (bicyclic) bond motifs is 1. The maximum Gasteiger partial charge on any atom is 0.263 e. The average Bonchev–Trinajstić information content (AvgIpc) is 3.47. The van der Waals surface area contributed by atoms with Gasteiger partial charge in [0.15, 0.2) is 0 Å². The molecular formula is C23H27N5O3. The number of anilines is 1. The number of unbranched alkanes of at least 4 members (excludes halogenated alkanes) is 1. The molecule has 0 aliphatic rings. The molecule has 1 N–H and O–H groups in total. The Kier molecular flexibility index (Phi) is 6.78. The molecule has 0 saturated carbocycles. The zero-order chi connectivity index (χ0) is 21.5. The Morgan fingerprint density at radius 2 is 2.00 bits per heavy atom. The first-order valence-electron chi connectivity index (χ1n) is 10.5. The number of ether oxygens (including phenoxy) is 1. The average molecular weight is 422 g/mol. The fourth-order valence-corrected chi connectivity index (χ4v) is 3.55. The summed E-state index contributed by atoms with van der Waals surface area (Å²) in [4.78, 5) is 11.1. The smallest absolute Gasteiger partial charge is 0.263 e. The minimum atomic E-state index is 0.442. The van der Waals surface area contributed by atoms with E-state index in [0.717, 1.165) is 54.9 Å². The van der Waals surface area contributed by atoms with Crippen LogP contribution in [-0.4, -0.2) is 46.8 Å². The Bertz CT molecular complexity index is 1090. The number of hydrogen-bond acceptors (Lipinski definition) is 8. The predicted molar refractivity (Wildman–Crippen MR) is 119 cm³/mol. The van der Waals surface area contributed by atoms with Crippen molar-refractivity contribution in [2.45, 2.75) is 26.3 Å². The molecule has 0 aliphatic carbocycles. The fraction of sp³-hybridized carbons (Fsp3) is 0.348. The SMILES string of the molecule is CCCCN(CCNc1ncnc2onc(-c3ccccc3OC)c12)Cc1ccco1. The van der Waals surface area contributed by atoms with Crippen molar-refractivity contribution in [3.05, 3.63) is 54.7 Å². The predicted octanol–water partition coefficient (Wildman–Crippen LogP) is 4.60. The number of hydrogen-bond donors (Lipinski definition) is 1. The molecule has 8 nitrogen and oxygen atoms in total. The molecule has 0 bridgehead atoms. The molecule has 3 aromatic heterocycles. The normalized spacial score (nSPS) is 11.3. The minimum Gasteiger partial charge on any atom is -0.496 e. The summed E-state index contributed by atoms with van der Waals surface area (Å²) in [5.41, 5.74) is 1.94. The monoisotopic (exact) mass is 421 g/mol. The molecule has 4 aromatic rings. The number of rotatable bonds is 11. The van der Waals surface area contributed by atoms with Crippen molar-refractivity contribution in [2.75, 3.05) is 32.1 Å². The van der Waals surface area contributed by atoms with Crippen LogP contribution in [0.1, 0.15) is 25.5 Å². The van der Waals surface area contributed by atoms with E-state index in [1.54, 1.807) is 13.4 Å². The number of furan rings is 1. The lowest BCUT2D eigenvalue weighted by molar-refractivity contribution is 0.248. The number of methoxy groups -OCH3 is 1. The second-order valence-electron chi connectivity index (χ2n) is 7.27. The molecule has 0 radical (unpaired) electrons. The molecule has 0 saturated heterocycles. The number of para-hydroxylation sites is 1. The molecule has 0 aliphatic heterocycles. The van der Waals surface area contributed by atoms with E-state index in [4.69, 9.17) is 13.7 Å². The van der Waals surface area contributed by atoms with Gasteiger partial charge in [-0.1, -0.05) is 30.6 Å². The number of nitrogens with one attached hydrogen (secondary N) is 1. The van der Waals surface area contributed by atoms with Crippen molar-refractivity contribution in [3.63, 3.8) is 0 Å². The first kappa shape index (κ1) is 20.9. The van der Waals surface area contributed by atoms with Crippen molar-refractivity contribution >= 4 is 16.9 Å². The Labute approximate surface area is 181 Å². The van der Waals surface area contributed by atoms with Gasteiger partial charge < -0.3 is 19.0 Å². The standard InChI is InChI=1S/C23H27N5O3/c1-3-4-12-28(15-17-8-7-14-30-17)13-11-24-22-20-21(27-31-23(20)26-16-25-22)18-9-5-6-10-19(18)29-2/h5-10,14,16H,3-4,11-13,15H2,1-2H3,(H,24,25,26). The largest absolute Gasteiger partial charge is 0.496 e. The van der Waals surface area contributed by atoms with E-state index in [-0.39, 0.29) is 0 Å². The summed E-state index contributed by atoms with van der Waals surface area (Å²) in [7, 11) is 1.64. The molecule has 0 spiro atoms. The van der Waals surface area contributed by atoms with Gasteiger partial charge in [-0.05, 0) is 37.2 Å². The van der Waals surface area contributed by atoms with Crippen LogP contribution in [0.5, 0.6) is 5.75 Å². The maximum absolute atomic E-state index is 5.53. The van der Waals surface area contributed by atoms with Crippen molar-refractivity contribution in [1.82, 2.24) is 20.0 Å². The van der Waals surface area contributed by atoms with Crippen LogP contribution in [0.25, 0.3) is 22.4 Å². The summed E-state index contributed by atoms with van der Waals surface area (Å²) in [6, 6.07) is 11.6. The highest BCUT2D eigenvalue weighted by Gasteiger charge is 2.19. The number of benzene rings is 1. The van der Waals surface area contributed by atoms with E-state index in [1.165, 1.54) is 6.33 Å². The van der Waals surface area contributed by atoms with E-state index >= 15 is 0 Å². The summed E-state index contributed by atoms with van der Waals surface area (Å²) in [6.07, 6.45) is 5.49. The lowest BCUT2D eigenvalue weighted by Gasteiger charge is -2.21. The summed E-state index contributed by atoms with van der Waals surface area (Å²) in [6.45, 7) is 5.56. The molecule has 3 heterocycles. The van der Waals surface area contributed by atoms with E-state index in [9.17, 15) is 0 Å².